The van der Waals surface area contributed by atoms with Crippen LogP contribution >= 0.6 is 11.6 Å². The molecule has 0 atom stereocenters. The van der Waals surface area contributed by atoms with Crippen LogP contribution in [-0.2, 0) is 9.53 Å². The van der Waals surface area contributed by atoms with Crippen LogP contribution < -0.4 is 10.1 Å². The minimum atomic E-state index is -0.377. The van der Waals surface area contributed by atoms with Gasteiger partial charge < -0.3 is 14.8 Å². The molecule has 0 bridgehead atoms. The maximum atomic E-state index is 13.1. The maximum Gasteiger partial charge on any atom is 0.248 e. The second-order valence-electron chi connectivity index (χ2n) is 4.84. The van der Waals surface area contributed by atoms with E-state index in [2.05, 4.69) is 5.32 Å². The Morgan fingerprint density at radius 1 is 1.25 bits per heavy atom. The van der Waals surface area contributed by atoms with E-state index in [1.165, 1.54) is 24.3 Å². The van der Waals surface area contributed by atoms with Crippen LogP contribution in [0.1, 0.15) is 5.56 Å². The number of methoxy groups -OCH3 is 1. The maximum absolute atomic E-state index is 13.1. The van der Waals surface area contributed by atoms with Crippen LogP contribution in [0.3, 0.4) is 0 Å². The second-order valence-corrected chi connectivity index (χ2v) is 5.24. The van der Waals surface area contributed by atoms with Gasteiger partial charge in [0.15, 0.2) is 5.75 Å². The molecule has 1 N–H and O–H groups in total. The van der Waals surface area contributed by atoms with Gasteiger partial charge in [-0.1, -0.05) is 29.8 Å². The molecule has 2 aromatic carbocycles. The molecule has 0 saturated heterocycles. The zero-order valence-electron chi connectivity index (χ0n) is 13.1. The van der Waals surface area contributed by atoms with Crippen molar-refractivity contribution in [2.45, 2.75) is 0 Å². The molecule has 6 heteroatoms. The molecule has 0 aliphatic rings. The predicted octanol–water partition coefficient (Wildman–Crippen LogP) is 4.16. The summed E-state index contributed by atoms with van der Waals surface area (Å²) in [6.45, 7) is 0.709. The molecule has 0 fully saturated rings. The highest BCUT2D eigenvalue weighted by atomic mass is 35.5. The molecule has 4 nitrogen and oxygen atoms in total. The number of hydrogen-bond acceptors (Lipinski definition) is 3. The Morgan fingerprint density at radius 2 is 2.04 bits per heavy atom. The van der Waals surface area contributed by atoms with Crippen molar-refractivity contribution in [1.29, 1.82) is 0 Å². The lowest BCUT2D eigenvalue weighted by atomic mass is 10.2. The molecule has 126 valence electrons. The summed E-state index contributed by atoms with van der Waals surface area (Å²) in [7, 11) is 1.57. The number of hydrogen-bond donors (Lipinski definition) is 1. The normalized spacial score (nSPS) is 10.8. The van der Waals surface area contributed by atoms with E-state index >= 15 is 0 Å². The van der Waals surface area contributed by atoms with Crippen LogP contribution in [0, 0.1) is 5.82 Å². The number of anilines is 1. The topological polar surface area (TPSA) is 47.6 Å². The number of nitrogens with one attached hydrogen (secondary N) is 1. The Bertz CT molecular complexity index is 734. The van der Waals surface area contributed by atoms with E-state index in [9.17, 15) is 9.18 Å². The van der Waals surface area contributed by atoms with E-state index in [1.54, 1.807) is 37.4 Å². The van der Waals surface area contributed by atoms with Gasteiger partial charge in [0.1, 0.15) is 12.4 Å². The third kappa shape index (κ3) is 5.37. The minimum Gasteiger partial charge on any atom is -0.487 e. The van der Waals surface area contributed by atoms with Crippen molar-refractivity contribution in [3.8, 4) is 5.75 Å². The lowest BCUT2D eigenvalue weighted by Gasteiger charge is -2.13. The van der Waals surface area contributed by atoms with Gasteiger partial charge in [0.25, 0.3) is 0 Å². The van der Waals surface area contributed by atoms with Gasteiger partial charge in [-0.15, -0.1) is 0 Å². The molecule has 0 aliphatic heterocycles. The van der Waals surface area contributed by atoms with Crippen LogP contribution in [0.4, 0.5) is 10.1 Å². The van der Waals surface area contributed by atoms with Gasteiger partial charge >= 0.3 is 0 Å². The lowest BCUT2D eigenvalue weighted by Crippen LogP contribution is -2.11. The second kappa shape index (κ2) is 9.05. The molecular weight excluding hydrogens is 333 g/mol. The number of para-hydroxylation sites is 1. The van der Waals surface area contributed by atoms with E-state index in [4.69, 9.17) is 21.1 Å². The Morgan fingerprint density at radius 3 is 2.79 bits per heavy atom. The van der Waals surface area contributed by atoms with Crippen molar-refractivity contribution in [3.63, 3.8) is 0 Å². The first-order valence-corrected chi connectivity index (χ1v) is 7.63. The monoisotopic (exact) mass is 349 g/mol. The average Bonchev–Trinajstić information content (AvgIpc) is 2.56. The fourth-order valence-corrected chi connectivity index (χ4v) is 2.17. The fraction of sp³-hybridized carbons (Fsp3) is 0.167. The quantitative estimate of drug-likeness (QED) is 0.603. The number of benzene rings is 2. The highest BCUT2D eigenvalue weighted by molar-refractivity contribution is 6.32. The standard InChI is InChI=1S/C18H17ClFNO3/c1-23-10-11-24-18-15(19)6-3-7-16(18)21-17(22)9-8-13-4-2-5-14(20)12-13/h2-9,12H,10-11H2,1H3,(H,21,22)/b9-8+. The summed E-state index contributed by atoms with van der Waals surface area (Å²) in [6, 6.07) is 11.0. The fourth-order valence-electron chi connectivity index (χ4n) is 1.94. The first-order valence-electron chi connectivity index (χ1n) is 7.25. The Balaban J connectivity index is 2.07. The Labute approximate surface area is 144 Å². The van der Waals surface area contributed by atoms with E-state index < -0.39 is 0 Å². The largest absolute Gasteiger partial charge is 0.487 e. The van der Waals surface area contributed by atoms with Gasteiger partial charge in [0.2, 0.25) is 5.91 Å². The SMILES string of the molecule is COCCOc1c(Cl)cccc1NC(=O)/C=C/c1cccc(F)c1. The van der Waals surface area contributed by atoms with Crippen molar-refractivity contribution in [2.75, 3.05) is 25.6 Å². The highest BCUT2D eigenvalue weighted by Crippen LogP contribution is 2.32. The molecule has 2 rings (SSSR count). The summed E-state index contributed by atoms with van der Waals surface area (Å²) < 4.78 is 23.6. The van der Waals surface area contributed by atoms with Crippen LogP contribution in [0.15, 0.2) is 48.5 Å². The number of halogens is 2. The van der Waals surface area contributed by atoms with Gasteiger partial charge in [0, 0.05) is 13.2 Å². The van der Waals surface area contributed by atoms with Crippen LogP contribution in [-0.4, -0.2) is 26.2 Å². The third-order valence-electron chi connectivity index (χ3n) is 3.03. The van der Waals surface area contributed by atoms with Crippen molar-refractivity contribution in [2.24, 2.45) is 0 Å². The van der Waals surface area contributed by atoms with Crippen molar-refractivity contribution >= 4 is 29.3 Å². The zero-order chi connectivity index (χ0) is 17.4. The van der Waals surface area contributed by atoms with Gasteiger partial charge in [-0.2, -0.15) is 0 Å². The van der Waals surface area contributed by atoms with Gasteiger partial charge in [-0.25, -0.2) is 4.39 Å². The summed E-state index contributed by atoms with van der Waals surface area (Å²) in [5, 5.41) is 3.08. The van der Waals surface area contributed by atoms with E-state index in [-0.39, 0.29) is 11.7 Å². The Kier molecular flexibility index (Phi) is 6.78. The number of ether oxygens (including phenoxy) is 2. The smallest absolute Gasteiger partial charge is 0.248 e. The molecule has 0 aliphatic carbocycles. The molecule has 0 unspecified atom stereocenters. The van der Waals surface area contributed by atoms with Crippen molar-refractivity contribution in [1.82, 2.24) is 0 Å². The number of amides is 1. The lowest BCUT2D eigenvalue weighted by molar-refractivity contribution is -0.111. The summed E-state index contributed by atoms with van der Waals surface area (Å²) in [5.74, 6) is -0.358. The molecule has 0 spiro atoms. The molecule has 0 saturated carbocycles. The number of rotatable bonds is 7. The molecule has 0 radical (unpaired) electrons. The van der Waals surface area contributed by atoms with Crippen molar-refractivity contribution in [3.05, 3.63) is 64.9 Å². The zero-order valence-corrected chi connectivity index (χ0v) is 13.8. The first-order chi connectivity index (χ1) is 11.6. The minimum absolute atomic E-state index is 0.308. The molecule has 1 amide bonds. The predicted molar refractivity (Wildman–Crippen MR) is 92.9 cm³/mol. The third-order valence-corrected chi connectivity index (χ3v) is 3.33. The van der Waals surface area contributed by atoms with Crippen LogP contribution in [0.25, 0.3) is 6.08 Å². The highest BCUT2D eigenvalue weighted by Gasteiger charge is 2.10. The van der Waals surface area contributed by atoms with E-state index in [1.807, 2.05) is 0 Å². The molecule has 0 aromatic heterocycles. The number of carbonyl (C=O) groups excluding carboxylic acids is 1. The van der Waals surface area contributed by atoms with Gasteiger partial charge in [-0.05, 0) is 35.9 Å². The summed E-state index contributed by atoms with van der Waals surface area (Å²) in [4.78, 5) is 12.0. The van der Waals surface area contributed by atoms with Gasteiger partial charge in [-0.3, -0.25) is 4.79 Å². The van der Waals surface area contributed by atoms with Crippen molar-refractivity contribution < 1.29 is 18.7 Å². The summed E-state index contributed by atoms with van der Waals surface area (Å²) in [5.41, 5.74) is 1.04. The van der Waals surface area contributed by atoms with E-state index in [0.717, 1.165) is 0 Å². The number of carbonyl (C=O) groups is 1. The molecule has 24 heavy (non-hydrogen) atoms. The summed E-state index contributed by atoms with van der Waals surface area (Å²) >= 11 is 6.11. The average molecular weight is 350 g/mol. The first kappa shape index (κ1) is 18.0. The van der Waals surface area contributed by atoms with Gasteiger partial charge in [0.05, 0.1) is 17.3 Å². The Hall–Kier alpha value is -2.37. The molecule has 0 heterocycles. The molecular formula is C18H17ClFNO3. The van der Waals surface area contributed by atoms with E-state index in [0.29, 0.717) is 35.2 Å². The van der Waals surface area contributed by atoms with Crippen LogP contribution in [0.5, 0.6) is 5.75 Å². The summed E-state index contributed by atoms with van der Waals surface area (Å²) in [6.07, 6.45) is 2.84. The van der Waals surface area contributed by atoms with Crippen LogP contribution in [0.2, 0.25) is 5.02 Å². The molecule has 2 aromatic rings.